The first-order valence-electron chi connectivity index (χ1n) is 7.20. The summed E-state index contributed by atoms with van der Waals surface area (Å²) in [4.78, 5) is 2.08. The minimum absolute atomic E-state index is 0.0720. The SMILES string of the molecule is COc1ccc(OC)c(S(=O)(=O)NN=Cc2ccc3c(c2)OCO3)c1. The van der Waals surface area contributed by atoms with Gasteiger partial charge < -0.3 is 18.9 Å². The molecule has 0 atom stereocenters. The maximum atomic E-state index is 12.5. The minimum Gasteiger partial charge on any atom is -0.497 e. The number of sulfonamides is 1. The molecule has 132 valence electrons. The average Bonchev–Trinajstić information content (AvgIpc) is 3.08. The fourth-order valence-electron chi connectivity index (χ4n) is 2.21. The molecule has 0 amide bonds. The van der Waals surface area contributed by atoms with Crippen LogP contribution in [0.5, 0.6) is 23.0 Å². The van der Waals surface area contributed by atoms with Crippen molar-refractivity contribution in [1.29, 1.82) is 0 Å². The second kappa shape index (κ2) is 6.89. The lowest BCUT2D eigenvalue weighted by Gasteiger charge is -2.10. The smallest absolute Gasteiger partial charge is 0.280 e. The summed E-state index contributed by atoms with van der Waals surface area (Å²) in [5.41, 5.74) is 0.657. The van der Waals surface area contributed by atoms with E-state index >= 15 is 0 Å². The van der Waals surface area contributed by atoms with Crippen LogP contribution in [-0.2, 0) is 10.0 Å². The summed E-state index contributed by atoms with van der Waals surface area (Å²) in [6.45, 7) is 0.165. The number of fused-ring (bicyclic) bond motifs is 1. The number of ether oxygens (including phenoxy) is 4. The Bertz CT molecular complexity index is 911. The van der Waals surface area contributed by atoms with Gasteiger partial charge in [-0.2, -0.15) is 18.4 Å². The molecule has 9 heteroatoms. The van der Waals surface area contributed by atoms with E-state index in [1.807, 2.05) is 0 Å². The van der Waals surface area contributed by atoms with Crippen LogP contribution in [0.15, 0.2) is 46.4 Å². The molecule has 1 aliphatic rings. The van der Waals surface area contributed by atoms with E-state index in [-0.39, 0.29) is 17.4 Å². The van der Waals surface area contributed by atoms with Gasteiger partial charge in [0.15, 0.2) is 11.5 Å². The molecule has 0 radical (unpaired) electrons. The zero-order valence-corrected chi connectivity index (χ0v) is 14.4. The number of hydrogen-bond donors (Lipinski definition) is 1. The van der Waals surface area contributed by atoms with Gasteiger partial charge in [-0.15, -0.1) is 0 Å². The van der Waals surface area contributed by atoms with E-state index in [0.717, 1.165) is 0 Å². The van der Waals surface area contributed by atoms with Crippen molar-refractivity contribution >= 4 is 16.2 Å². The Balaban J connectivity index is 1.80. The first kappa shape index (κ1) is 16.9. The number of methoxy groups -OCH3 is 2. The van der Waals surface area contributed by atoms with Crippen molar-refractivity contribution in [2.24, 2.45) is 5.10 Å². The van der Waals surface area contributed by atoms with E-state index in [1.165, 1.54) is 32.6 Å². The van der Waals surface area contributed by atoms with Crippen LogP contribution in [0.2, 0.25) is 0 Å². The maximum Gasteiger partial charge on any atom is 0.280 e. The summed E-state index contributed by atoms with van der Waals surface area (Å²) < 4.78 is 45.5. The Morgan fingerprint density at radius 3 is 2.64 bits per heavy atom. The quantitative estimate of drug-likeness (QED) is 0.620. The highest BCUT2D eigenvalue weighted by Crippen LogP contribution is 2.32. The number of hydrazone groups is 1. The Labute approximate surface area is 145 Å². The lowest BCUT2D eigenvalue weighted by Crippen LogP contribution is -2.19. The monoisotopic (exact) mass is 364 g/mol. The maximum absolute atomic E-state index is 12.5. The molecule has 0 fully saturated rings. The van der Waals surface area contributed by atoms with Crippen LogP contribution in [-0.4, -0.2) is 35.6 Å². The van der Waals surface area contributed by atoms with Crippen LogP contribution in [0.1, 0.15) is 5.56 Å². The molecular weight excluding hydrogens is 348 g/mol. The topological polar surface area (TPSA) is 95.5 Å². The molecule has 0 saturated carbocycles. The minimum atomic E-state index is -3.93. The highest BCUT2D eigenvalue weighted by atomic mass is 32.2. The molecule has 0 spiro atoms. The van der Waals surface area contributed by atoms with Gasteiger partial charge in [0.25, 0.3) is 10.0 Å². The molecule has 1 aliphatic heterocycles. The number of hydrogen-bond acceptors (Lipinski definition) is 7. The standard InChI is InChI=1S/C16H16N2O6S/c1-21-12-4-6-14(22-2)16(8-12)25(19,20)18-17-9-11-3-5-13-15(7-11)24-10-23-13/h3-9,18H,10H2,1-2H3. The number of rotatable bonds is 6. The molecule has 0 bridgehead atoms. The Kier molecular flexibility index (Phi) is 4.66. The van der Waals surface area contributed by atoms with Gasteiger partial charge in [0.05, 0.1) is 20.4 Å². The first-order chi connectivity index (χ1) is 12.0. The number of benzene rings is 2. The van der Waals surface area contributed by atoms with E-state index in [0.29, 0.717) is 22.8 Å². The first-order valence-corrected chi connectivity index (χ1v) is 8.68. The highest BCUT2D eigenvalue weighted by molar-refractivity contribution is 7.89. The van der Waals surface area contributed by atoms with Crippen LogP contribution in [0.25, 0.3) is 0 Å². The molecule has 8 nitrogen and oxygen atoms in total. The summed E-state index contributed by atoms with van der Waals surface area (Å²) in [6.07, 6.45) is 1.37. The lowest BCUT2D eigenvalue weighted by molar-refractivity contribution is 0.174. The van der Waals surface area contributed by atoms with Gasteiger partial charge in [-0.05, 0) is 35.9 Å². The lowest BCUT2D eigenvalue weighted by atomic mass is 10.2. The van der Waals surface area contributed by atoms with Crippen molar-refractivity contribution in [3.8, 4) is 23.0 Å². The van der Waals surface area contributed by atoms with Crippen LogP contribution < -0.4 is 23.8 Å². The van der Waals surface area contributed by atoms with Crippen LogP contribution in [0.4, 0.5) is 0 Å². The van der Waals surface area contributed by atoms with E-state index in [9.17, 15) is 8.42 Å². The molecule has 0 aliphatic carbocycles. The molecule has 2 aromatic carbocycles. The van der Waals surface area contributed by atoms with Gasteiger partial charge in [-0.1, -0.05) is 0 Å². The number of nitrogens with zero attached hydrogens (tertiary/aromatic N) is 1. The molecule has 2 aromatic rings. The molecule has 0 aromatic heterocycles. The summed E-state index contributed by atoms with van der Waals surface area (Å²) in [6, 6.07) is 9.63. The average molecular weight is 364 g/mol. The third kappa shape index (κ3) is 3.61. The second-order valence-electron chi connectivity index (χ2n) is 4.98. The van der Waals surface area contributed by atoms with Crippen molar-refractivity contribution in [3.05, 3.63) is 42.0 Å². The second-order valence-corrected chi connectivity index (χ2v) is 6.61. The van der Waals surface area contributed by atoms with Crippen molar-refractivity contribution < 1.29 is 27.4 Å². The van der Waals surface area contributed by atoms with Gasteiger partial charge in [0.1, 0.15) is 16.4 Å². The zero-order valence-electron chi connectivity index (χ0n) is 13.6. The van der Waals surface area contributed by atoms with Crippen molar-refractivity contribution in [1.82, 2.24) is 4.83 Å². The van der Waals surface area contributed by atoms with E-state index in [2.05, 4.69) is 9.93 Å². The Morgan fingerprint density at radius 1 is 1.08 bits per heavy atom. The molecular formula is C16H16N2O6S. The van der Waals surface area contributed by atoms with Gasteiger partial charge in [0.2, 0.25) is 6.79 Å². The molecule has 0 unspecified atom stereocenters. The predicted molar refractivity (Wildman–Crippen MR) is 90.0 cm³/mol. The van der Waals surface area contributed by atoms with Gasteiger partial charge in [-0.25, -0.2) is 0 Å². The summed E-state index contributed by atoms with van der Waals surface area (Å²) in [7, 11) is -1.09. The van der Waals surface area contributed by atoms with Gasteiger partial charge in [0, 0.05) is 6.07 Å². The summed E-state index contributed by atoms with van der Waals surface area (Å²) >= 11 is 0. The van der Waals surface area contributed by atoms with Crippen molar-refractivity contribution in [2.75, 3.05) is 21.0 Å². The van der Waals surface area contributed by atoms with E-state index in [4.69, 9.17) is 18.9 Å². The fraction of sp³-hybridized carbons (Fsp3) is 0.188. The fourth-order valence-corrected chi connectivity index (χ4v) is 3.18. The van der Waals surface area contributed by atoms with Gasteiger partial charge in [-0.3, -0.25) is 0 Å². The third-order valence-electron chi connectivity index (χ3n) is 3.44. The predicted octanol–water partition coefficient (Wildman–Crippen LogP) is 1.74. The molecule has 1 heterocycles. The molecule has 3 rings (SSSR count). The van der Waals surface area contributed by atoms with Crippen LogP contribution in [0.3, 0.4) is 0 Å². The summed E-state index contributed by atoms with van der Waals surface area (Å²) in [5, 5.41) is 3.79. The Morgan fingerprint density at radius 2 is 1.88 bits per heavy atom. The van der Waals surface area contributed by atoms with E-state index < -0.39 is 10.0 Å². The Hall–Kier alpha value is -2.94. The summed E-state index contributed by atoms with van der Waals surface area (Å²) in [5.74, 6) is 1.80. The molecule has 1 N–H and O–H groups in total. The largest absolute Gasteiger partial charge is 0.497 e. The van der Waals surface area contributed by atoms with Crippen molar-refractivity contribution in [2.45, 2.75) is 4.90 Å². The van der Waals surface area contributed by atoms with Crippen molar-refractivity contribution in [3.63, 3.8) is 0 Å². The van der Waals surface area contributed by atoms with Crippen LogP contribution >= 0.6 is 0 Å². The van der Waals surface area contributed by atoms with E-state index in [1.54, 1.807) is 24.3 Å². The third-order valence-corrected chi connectivity index (χ3v) is 4.69. The number of nitrogens with one attached hydrogen (secondary N) is 1. The normalized spacial score (nSPS) is 13.0. The molecule has 25 heavy (non-hydrogen) atoms. The van der Waals surface area contributed by atoms with Gasteiger partial charge >= 0.3 is 0 Å². The zero-order chi connectivity index (χ0) is 17.9. The van der Waals surface area contributed by atoms with Crippen LogP contribution in [0, 0.1) is 0 Å². The highest BCUT2D eigenvalue weighted by Gasteiger charge is 2.20. The molecule has 0 saturated heterocycles.